The molecule has 0 aromatic rings. The first kappa shape index (κ1) is 29.1. The van der Waals surface area contributed by atoms with Gasteiger partial charge >= 0.3 is 0 Å². The summed E-state index contributed by atoms with van der Waals surface area (Å²) in [5, 5.41) is 0. The third kappa shape index (κ3) is 18.0. The summed E-state index contributed by atoms with van der Waals surface area (Å²) >= 11 is 13.3. The molecule has 168 valence electrons. The van der Waals surface area contributed by atoms with Crippen molar-refractivity contribution in [3.8, 4) is 0 Å². The van der Waals surface area contributed by atoms with Gasteiger partial charge in [-0.1, -0.05) is 70.9 Å². The molecular formula is C24H48S4. The summed E-state index contributed by atoms with van der Waals surface area (Å²) in [6.45, 7) is 4.59. The average Bonchev–Trinajstić information content (AvgIpc) is 2.70. The predicted octanol–water partition coefficient (Wildman–Crippen LogP) is 9.11. The molecule has 0 fully saturated rings. The molecular weight excluding hydrogens is 417 g/mol. The fourth-order valence-electron chi connectivity index (χ4n) is 3.46. The molecule has 0 spiro atoms. The highest BCUT2D eigenvalue weighted by molar-refractivity contribution is 8.04. The Morgan fingerprint density at radius 2 is 1.32 bits per heavy atom. The molecule has 0 nitrogen and oxygen atoms in total. The second-order valence-corrected chi connectivity index (χ2v) is 11.5. The minimum Gasteiger partial charge on any atom is -0.179 e. The first-order chi connectivity index (χ1) is 13.7. The van der Waals surface area contributed by atoms with Crippen LogP contribution in [0.5, 0.6) is 0 Å². The van der Waals surface area contributed by atoms with Gasteiger partial charge in [-0.2, -0.15) is 48.8 Å². The van der Waals surface area contributed by atoms with Gasteiger partial charge in [0.25, 0.3) is 0 Å². The zero-order valence-electron chi connectivity index (χ0n) is 18.8. The monoisotopic (exact) mass is 464 g/mol. The van der Waals surface area contributed by atoms with Crippen molar-refractivity contribution in [1.82, 2.24) is 0 Å². The lowest BCUT2D eigenvalue weighted by molar-refractivity contribution is 0.529. The van der Waals surface area contributed by atoms with Crippen LogP contribution in [0.2, 0.25) is 0 Å². The van der Waals surface area contributed by atoms with E-state index in [0.29, 0.717) is 4.75 Å². The molecule has 0 saturated carbocycles. The van der Waals surface area contributed by atoms with Gasteiger partial charge in [-0.15, -0.1) is 0 Å². The van der Waals surface area contributed by atoms with Crippen LogP contribution >= 0.6 is 48.8 Å². The molecule has 0 rings (SSSR count). The highest BCUT2D eigenvalue weighted by Gasteiger charge is 2.28. The van der Waals surface area contributed by atoms with Crippen molar-refractivity contribution >= 4 is 48.8 Å². The zero-order valence-corrected chi connectivity index (χ0v) is 22.2. The van der Waals surface area contributed by atoms with E-state index in [0.717, 1.165) is 11.5 Å². The molecule has 0 radical (unpaired) electrons. The Morgan fingerprint density at radius 3 is 1.93 bits per heavy atom. The van der Waals surface area contributed by atoms with Gasteiger partial charge in [-0.05, 0) is 62.2 Å². The van der Waals surface area contributed by atoms with Crippen LogP contribution in [-0.2, 0) is 0 Å². The Morgan fingerprint density at radius 1 is 0.679 bits per heavy atom. The summed E-state index contributed by atoms with van der Waals surface area (Å²) in [5.41, 5.74) is 0. The lowest BCUT2D eigenvalue weighted by Gasteiger charge is -2.33. The van der Waals surface area contributed by atoms with Crippen molar-refractivity contribution in [2.45, 2.75) is 108 Å². The summed E-state index contributed by atoms with van der Waals surface area (Å²) in [6, 6.07) is 0. The van der Waals surface area contributed by atoms with Crippen LogP contribution in [0.4, 0.5) is 0 Å². The van der Waals surface area contributed by atoms with Gasteiger partial charge in [0.05, 0.1) is 0 Å². The Balaban J connectivity index is 3.93. The fourth-order valence-corrected chi connectivity index (χ4v) is 7.12. The summed E-state index contributed by atoms with van der Waals surface area (Å²) in [4.78, 5) is 0. The first-order valence-electron chi connectivity index (χ1n) is 11.8. The van der Waals surface area contributed by atoms with E-state index >= 15 is 0 Å². The quantitative estimate of drug-likeness (QED) is 0.0931. The number of unbranched alkanes of at least 4 members (excludes halogenated alkanes) is 9. The van der Waals surface area contributed by atoms with Crippen molar-refractivity contribution in [3.63, 3.8) is 0 Å². The number of rotatable bonds is 22. The van der Waals surface area contributed by atoms with Crippen LogP contribution in [-0.4, -0.2) is 33.5 Å². The number of hydrogen-bond acceptors (Lipinski definition) is 4. The minimum atomic E-state index is 0.443. The van der Waals surface area contributed by atoms with Crippen molar-refractivity contribution in [2.24, 2.45) is 0 Å². The van der Waals surface area contributed by atoms with E-state index in [1.165, 1.54) is 107 Å². The van der Waals surface area contributed by atoms with Crippen LogP contribution in [0.15, 0.2) is 12.2 Å². The summed E-state index contributed by atoms with van der Waals surface area (Å²) in [5.74, 6) is 5.74. The largest absolute Gasteiger partial charge is 0.179 e. The summed E-state index contributed by atoms with van der Waals surface area (Å²) in [6.07, 6.45) is 23.8. The Labute approximate surface area is 197 Å². The van der Waals surface area contributed by atoms with Gasteiger partial charge < -0.3 is 0 Å². The van der Waals surface area contributed by atoms with Crippen LogP contribution in [0.3, 0.4) is 0 Å². The molecule has 0 aliphatic carbocycles. The van der Waals surface area contributed by atoms with E-state index in [2.05, 4.69) is 74.8 Å². The molecule has 0 aromatic heterocycles. The van der Waals surface area contributed by atoms with Crippen molar-refractivity contribution in [3.05, 3.63) is 12.2 Å². The van der Waals surface area contributed by atoms with E-state index in [-0.39, 0.29) is 0 Å². The van der Waals surface area contributed by atoms with Crippen LogP contribution < -0.4 is 0 Å². The third-order valence-electron chi connectivity index (χ3n) is 5.17. The van der Waals surface area contributed by atoms with Gasteiger partial charge in [0.1, 0.15) is 0 Å². The Bertz CT molecular complexity index is 333. The van der Waals surface area contributed by atoms with Gasteiger partial charge in [-0.25, -0.2) is 0 Å². The summed E-state index contributed by atoms with van der Waals surface area (Å²) in [7, 11) is 0. The maximum absolute atomic E-state index is 4.58. The van der Waals surface area contributed by atoms with Crippen molar-refractivity contribution in [2.75, 3.05) is 28.8 Å². The van der Waals surface area contributed by atoms with Gasteiger partial charge in [-0.3, -0.25) is 0 Å². The SMILES string of the molecule is CCCCCCCCC=CCCCCCC(CCS)(CSCCS)SCCC. The van der Waals surface area contributed by atoms with E-state index < -0.39 is 0 Å². The van der Waals surface area contributed by atoms with Gasteiger partial charge in [0, 0.05) is 16.3 Å². The van der Waals surface area contributed by atoms with E-state index in [4.69, 9.17) is 0 Å². The highest BCUT2D eigenvalue weighted by Crippen LogP contribution is 2.38. The van der Waals surface area contributed by atoms with Crippen molar-refractivity contribution in [1.29, 1.82) is 0 Å². The number of hydrogen-bond donors (Lipinski definition) is 2. The molecule has 1 atom stereocenters. The third-order valence-corrected chi connectivity index (χ3v) is 9.13. The summed E-state index contributed by atoms with van der Waals surface area (Å²) < 4.78 is 0.443. The smallest absolute Gasteiger partial charge is 0.0258 e. The van der Waals surface area contributed by atoms with Gasteiger partial charge in [0.2, 0.25) is 0 Å². The Kier molecular flexibility index (Phi) is 23.7. The predicted molar refractivity (Wildman–Crippen MR) is 145 cm³/mol. The van der Waals surface area contributed by atoms with Crippen LogP contribution in [0.1, 0.15) is 104 Å². The highest BCUT2D eigenvalue weighted by atomic mass is 32.2. The second-order valence-electron chi connectivity index (χ2n) is 7.91. The maximum Gasteiger partial charge on any atom is 0.0258 e. The van der Waals surface area contributed by atoms with E-state index in [1.807, 2.05) is 0 Å². The molecule has 1 unspecified atom stereocenters. The molecule has 0 bridgehead atoms. The molecule has 0 aliphatic rings. The topological polar surface area (TPSA) is 0 Å². The van der Waals surface area contributed by atoms with Crippen LogP contribution in [0, 0.1) is 0 Å². The lowest BCUT2D eigenvalue weighted by Crippen LogP contribution is -2.29. The van der Waals surface area contributed by atoms with Gasteiger partial charge in [0.15, 0.2) is 0 Å². The average molecular weight is 465 g/mol. The number of thiol groups is 2. The Hall–Kier alpha value is 1.14. The first-order valence-corrected chi connectivity index (χ1v) is 15.2. The molecule has 0 aromatic carbocycles. The van der Waals surface area contributed by atoms with E-state index in [9.17, 15) is 0 Å². The normalized spacial score (nSPS) is 14.0. The molecule has 0 amide bonds. The fraction of sp³-hybridized carbons (Fsp3) is 0.917. The second kappa shape index (κ2) is 22.8. The molecule has 28 heavy (non-hydrogen) atoms. The van der Waals surface area contributed by atoms with E-state index in [1.54, 1.807) is 0 Å². The maximum atomic E-state index is 4.58. The molecule has 0 heterocycles. The van der Waals surface area contributed by atoms with Crippen molar-refractivity contribution < 1.29 is 0 Å². The molecule has 0 saturated heterocycles. The minimum absolute atomic E-state index is 0.443. The zero-order chi connectivity index (χ0) is 20.8. The number of allylic oxidation sites excluding steroid dienone is 2. The lowest BCUT2D eigenvalue weighted by atomic mass is 9.98. The molecule has 0 N–H and O–H groups in total. The molecule has 0 aliphatic heterocycles. The van der Waals surface area contributed by atoms with Crippen LogP contribution in [0.25, 0.3) is 0 Å². The molecule has 4 heteroatoms. The number of thioether (sulfide) groups is 2. The standard InChI is InChI=1S/C24H48S4/c1-3-5-6-7-8-9-10-11-12-13-14-15-16-17-24(18-19-25,28-21-4-2)23-27-22-20-26/h11-12,25-26H,3-10,13-23H2,1-2H3.